The largest absolute Gasteiger partial charge is 0.465 e. The molecule has 0 bridgehead atoms. The Morgan fingerprint density at radius 3 is 3.13 bits per heavy atom. The van der Waals surface area contributed by atoms with Crippen LogP contribution >= 0.6 is 0 Å². The maximum Gasteiger partial charge on any atom is 0.226 e. The molecule has 2 aromatic rings. The summed E-state index contributed by atoms with van der Waals surface area (Å²) in [6, 6.07) is 3.85. The van der Waals surface area contributed by atoms with E-state index in [1.807, 2.05) is 30.2 Å². The van der Waals surface area contributed by atoms with Crippen LogP contribution in [0.5, 0.6) is 0 Å². The van der Waals surface area contributed by atoms with Crippen molar-refractivity contribution in [2.45, 2.75) is 32.7 Å². The van der Waals surface area contributed by atoms with Gasteiger partial charge in [0.2, 0.25) is 5.91 Å². The molecule has 1 atom stereocenters. The summed E-state index contributed by atoms with van der Waals surface area (Å²) in [6.45, 7) is 4.38. The average Bonchev–Trinajstić information content (AvgIpc) is 3.24. The van der Waals surface area contributed by atoms with Crippen LogP contribution < -0.4 is 0 Å². The lowest BCUT2D eigenvalue weighted by Gasteiger charge is -2.32. The lowest BCUT2D eigenvalue weighted by Crippen LogP contribution is -2.41. The van der Waals surface area contributed by atoms with Crippen molar-refractivity contribution >= 4 is 11.5 Å². The summed E-state index contributed by atoms with van der Waals surface area (Å²) < 4.78 is 7.71. The third-order valence-electron chi connectivity index (χ3n) is 4.94. The summed E-state index contributed by atoms with van der Waals surface area (Å²) in [5, 5.41) is 0. The maximum absolute atomic E-state index is 12.9. The highest BCUT2D eigenvalue weighted by Gasteiger charge is 2.30. The first kappa shape index (κ1) is 14.3. The highest BCUT2D eigenvalue weighted by molar-refractivity contribution is 5.82. The van der Waals surface area contributed by atoms with Crippen molar-refractivity contribution in [3.05, 3.63) is 47.9 Å². The molecule has 0 N–H and O–H groups in total. The van der Waals surface area contributed by atoms with Crippen LogP contribution in [0.1, 0.15) is 30.1 Å². The SMILES string of the molecule is Cc1ncc2n1CCC(C(=O)N1CCC=C(c3ccco3)C1)C2. The van der Waals surface area contributed by atoms with Gasteiger partial charge in [0.15, 0.2) is 0 Å². The number of carbonyl (C=O) groups excluding carboxylic acids is 1. The van der Waals surface area contributed by atoms with Crippen LogP contribution in [-0.2, 0) is 17.8 Å². The van der Waals surface area contributed by atoms with E-state index in [9.17, 15) is 4.79 Å². The predicted octanol–water partition coefficient (Wildman–Crippen LogP) is 2.66. The fraction of sp³-hybridized carbons (Fsp3) is 0.444. The molecular weight excluding hydrogens is 290 g/mol. The van der Waals surface area contributed by atoms with Gasteiger partial charge < -0.3 is 13.9 Å². The Balaban J connectivity index is 1.47. The Labute approximate surface area is 135 Å². The first-order valence-electron chi connectivity index (χ1n) is 8.25. The van der Waals surface area contributed by atoms with Gasteiger partial charge in [0.05, 0.1) is 6.26 Å². The van der Waals surface area contributed by atoms with Gasteiger partial charge in [-0.15, -0.1) is 0 Å². The molecule has 0 saturated carbocycles. The quantitative estimate of drug-likeness (QED) is 0.857. The van der Waals surface area contributed by atoms with Crippen LogP contribution in [0.2, 0.25) is 0 Å². The van der Waals surface area contributed by atoms with E-state index in [4.69, 9.17) is 4.42 Å². The third kappa shape index (κ3) is 2.60. The summed E-state index contributed by atoms with van der Waals surface area (Å²) in [4.78, 5) is 19.3. The van der Waals surface area contributed by atoms with Crippen molar-refractivity contribution in [1.29, 1.82) is 0 Å². The Kier molecular flexibility index (Phi) is 3.56. The highest BCUT2D eigenvalue weighted by atomic mass is 16.3. The molecule has 1 amide bonds. The number of imidazole rings is 1. The topological polar surface area (TPSA) is 51.3 Å². The molecule has 2 aromatic heterocycles. The molecular formula is C18H21N3O2. The molecule has 0 spiro atoms. The summed E-state index contributed by atoms with van der Waals surface area (Å²) in [5.74, 6) is 2.27. The molecule has 0 fully saturated rings. The number of carbonyl (C=O) groups is 1. The molecule has 0 saturated heterocycles. The van der Waals surface area contributed by atoms with Gasteiger partial charge in [0.25, 0.3) is 0 Å². The molecule has 2 aliphatic rings. The molecule has 4 rings (SSSR count). The molecule has 2 aliphatic heterocycles. The number of furan rings is 1. The van der Waals surface area contributed by atoms with Gasteiger partial charge in [-0.25, -0.2) is 4.98 Å². The lowest BCUT2D eigenvalue weighted by atomic mass is 9.93. The number of hydrogen-bond acceptors (Lipinski definition) is 3. The van der Waals surface area contributed by atoms with Gasteiger partial charge >= 0.3 is 0 Å². The summed E-state index contributed by atoms with van der Waals surface area (Å²) in [7, 11) is 0. The number of aromatic nitrogens is 2. The minimum Gasteiger partial charge on any atom is -0.465 e. The molecule has 1 unspecified atom stereocenters. The van der Waals surface area contributed by atoms with Crippen LogP contribution in [0.25, 0.3) is 5.57 Å². The van der Waals surface area contributed by atoms with E-state index in [0.717, 1.165) is 49.5 Å². The average molecular weight is 311 g/mol. The second-order valence-electron chi connectivity index (χ2n) is 6.39. The van der Waals surface area contributed by atoms with Crippen LogP contribution in [0.15, 0.2) is 35.1 Å². The van der Waals surface area contributed by atoms with E-state index in [-0.39, 0.29) is 11.8 Å². The standard InChI is InChI=1S/C18H21N3O2/c1-13-19-11-16-10-14(6-8-21(13)16)18(22)20-7-2-4-15(12-20)17-5-3-9-23-17/h3-5,9,11,14H,2,6-8,10,12H2,1H3. The van der Waals surface area contributed by atoms with Crippen molar-refractivity contribution in [2.24, 2.45) is 5.92 Å². The maximum atomic E-state index is 12.9. The first-order valence-corrected chi connectivity index (χ1v) is 8.25. The number of rotatable bonds is 2. The minimum atomic E-state index is 0.0783. The number of amides is 1. The zero-order chi connectivity index (χ0) is 15.8. The van der Waals surface area contributed by atoms with Gasteiger partial charge in [-0.3, -0.25) is 4.79 Å². The Morgan fingerprint density at radius 2 is 2.30 bits per heavy atom. The molecule has 5 nitrogen and oxygen atoms in total. The first-order chi connectivity index (χ1) is 11.2. The summed E-state index contributed by atoms with van der Waals surface area (Å²) in [6.07, 6.45) is 8.38. The zero-order valence-electron chi connectivity index (χ0n) is 13.4. The zero-order valence-corrected chi connectivity index (χ0v) is 13.4. The number of fused-ring (bicyclic) bond motifs is 1. The normalized spacial score (nSPS) is 21.0. The number of aryl methyl sites for hydroxylation is 1. The molecule has 120 valence electrons. The molecule has 0 aromatic carbocycles. The Hall–Kier alpha value is -2.30. The van der Waals surface area contributed by atoms with Crippen LogP contribution in [0.4, 0.5) is 0 Å². The second kappa shape index (κ2) is 5.72. The predicted molar refractivity (Wildman–Crippen MR) is 86.7 cm³/mol. The summed E-state index contributed by atoms with van der Waals surface area (Å²) in [5.41, 5.74) is 2.30. The highest BCUT2D eigenvalue weighted by Crippen LogP contribution is 2.27. The van der Waals surface area contributed by atoms with E-state index in [0.29, 0.717) is 6.54 Å². The molecule has 4 heterocycles. The minimum absolute atomic E-state index is 0.0783. The van der Waals surface area contributed by atoms with Gasteiger partial charge in [-0.05, 0) is 31.9 Å². The fourth-order valence-electron chi connectivity index (χ4n) is 3.66. The van der Waals surface area contributed by atoms with Crippen LogP contribution in [0.3, 0.4) is 0 Å². The molecule has 0 aliphatic carbocycles. The smallest absolute Gasteiger partial charge is 0.226 e. The lowest BCUT2D eigenvalue weighted by molar-refractivity contribution is -0.135. The van der Waals surface area contributed by atoms with Crippen molar-refractivity contribution in [3.63, 3.8) is 0 Å². The molecule has 23 heavy (non-hydrogen) atoms. The van der Waals surface area contributed by atoms with Crippen molar-refractivity contribution in [1.82, 2.24) is 14.5 Å². The third-order valence-corrected chi connectivity index (χ3v) is 4.94. The van der Waals surface area contributed by atoms with Gasteiger partial charge in [0.1, 0.15) is 11.6 Å². The Morgan fingerprint density at radius 1 is 1.39 bits per heavy atom. The van der Waals surface area contributed by atoms with Gasteiger partial charge in [0, 0.05) is 49.4 Å². The van der Waals surface area contributed by atoms with Crippen LogP contribution in [0, 0.1) is 12.8 Å². The molecule has 5 heteroatoms. The van der Waals surface area contributed by atoms with Gasteiger partial charge in [-0.1, -0.05) is 6.08 Å². The fourth-order valence-corrected chi connectivity index (χ4v) is 3.66. The number of hydrogen-bond donors (Lipinski definition) is 0. The van der Waals surface area contributed by atoms with E-state index in [2.05, 4.69) is 15.6 Å². The van der Waals surface area contributed by atoms with E-state index >= 15 is 0 Å². The van der Waals surface area contributed by atoms with Crippen LogP contribution in [-0.4, -0.2) is 33.4 Å². The van der Waals surface area contributed by atoms with E-state index < -0.39 is 0 Å². The molecule has 0 radical (unpaired) electrons. The summed E-state index contributed by atoms with van der Waals surface area (Å²) >= 11 is 0. The van der Waals surface area contributed by atoms with Gasteiger partial charge in [-0.2, -0.15) is 0 Å². The monoisotopic (exact) mass is 311 g/mol. The van der Waals surface area contributed by atoms with E-state index in [1.165, 1.54) is 5.69 Å². The van der Waals surface area contributed by atoms with E-state index in [1.54, 1.807) is 6.26 Å². The van der Waals surface area contributed by atoms with Crippen molar-refractivity contribution in [2.75, 3.05) is 13.1 Å². The second-order valence-corrected chi connectivity index (χ2v) is 6.39. The van der Waals surface area contributed by atoms with Crippen molar-refractivity contribution < 1.29 is 9.21 Å². The number of nitrogens with zero attached hydrogens (tertiary/aromatic N) is 3. The van der Waals surface area contributed by atoms with Crippen molar-refractivity contribution in [3.8, 4) is 0 Å². The Bertz CT molecular complexity index is 742.